The Morgan fingerprint density at radius 3 is 2.61 bits per heavy atom. The van der Waals surface area contributed by atoms with E-state index in [0.29, 0.717) is 22.9 Å². The van der Waals surface area contributed by atoms with Gasteiger partial charge >= 0.3 is 5.97 Å². The van der Waals surface area contributed by atoms with E-state index in [9.17, 15) is 9.59 Å². The summed E-state index contributed by atoms with van der Waals surface area (Å²) >= 11 is 7.24. The number of thiophene rings is 1. The second kappa shape index (κ2) is 6.75. The molecule has 18 heavy (non-hydrogen) atoms. The summed E-state index contributed by atoms with van der Waals surface area (Å²) in [5.41, 5.74) is 0. The Morgan fingerprint density at radius 1 is 1.50 bits per heavy atom. The summed E-state index contributed by atoms with van der Waals surface area (Å²) in [5.74, 6) is -0.976. The lowest BCUT2D eigenvalue weighted by Gasteiger charge is -2.26. The van der Waals surface area contributed by atoms with Gasteiger partial charge < -0.3 is 10.0 Å². The molecule has 6 heteroatoms. The lowest BCUT2D eigenvalue weighted by atomic mass is 10.2. The number of hydrogen-bond acceptors (Lipinski definition) is 3. The Hall–Kier alpha value is -1.07. The summed E-state index contributed by atoms with van der Waals surface area (Å²) < 4.78 is 0. The molecule has 0 atom stereocenters. The van der Waals surface area contributed by atoms with Gasteiger partial charge in [-0.3, -0.25) is 9.59 Å². The Balaban J connectivity index is 2.70. The van der Waals surface area contributed by atoms with Crippen molar-refractivity contribution >= 4 is 34.8 Å². The molecule has 0 aromatic carbocycles. The van der Waals surface area contributed by atoms with Crippen LogP contribution in [-0.2, 0) is 4.79 Å². The van der Waals surface area contributed by atoms with Gasteiger partial charge in [-0.05, 0) is 31.7 Å². The molecule has 4 nitrogen and oxygen atoms in total. The van der Waals surface area contributed by atoms with E-state index in [1.165, 1.54) is 11.3 Å². The molecule has 0 aliphatic heterocycles. The number of nitrogens with zero attached hydrogens (tertiary/aromatic N) is 1. The normalized spacial score (nSPS) is 10.7. The monoisotopic (exact) mass is 289 g/mol. The van der Waals surface area contributed by atoms with Crippen molar-refractivity contribution < 1.29 is 14.7 Å². The fourth-order valence-corrected chi connectivity index (χ4v) is 2.66. The van der Waals surface area contributed by atoms with Crippen LogP contribution < -0.4 is 0 Å². The number of carboxylic acid groups (broad SMARTS) is 1. The maximum atomic E-state index is 12.2. The van der Waals surface area contributed by atoms with E-state index in [1.807, 2.05) is 13.8 Å². The zero-order valence-corrected chi connectivity index (χ0v) is 11.9. The van der Waals surface area contributed by atoms with Crippen molar-refractivity contribution in [3.8, 4) is 0 Å². The van der Waals surface area contributed by atoms with Crippen LogP contribution in [0.4, 0.5) is 0 Å². The molecular weight excluding hydrogens is 274 g/mol. The summed E-state index contributed by atoms with van der Waals surface area (Å²) in [5, 5.41) is 10.8. The van der Waals surface area contributed by atoms with Crippen LogP contribution >= 0.6 is 22.9 Å². The van der Waals surface area contributed by atoms with Crippen LogP contribution in [0, 0.1) is 0 Å². The Bertz CT molecular complexity index is 431. The molecule has 0 saturated heterocycles. The number of amides is 1. The molecule has 0 spiro atoms. The topological polar surface area (TPSA) is 57.6 Å². The summed E-state index contributed by atoms with van der Waals surface area (Å²) in [4.78, 5) is 24.9. The first-order valence-corrected chi connectivity index (χ1v) is 6.95. The number of hydrogen-bond donors (Lipinski definition) is 1. The van der Waals surface area contributed by atoms with Crippen molar-refractivity contribution in [3.63, 3.8) is 0 Å². The third kappa shape index (κ3) is 3.99. The number of aliphatic carboxylic acids is 1. The van der Waals surface area contributed by atoms with Crippen molar-refractivity contribution in [2.75, 3.05) is 6.54 Å². The molecule has 0 aliphatic carbocycles. The van der Waals surface area contributed by atoms with Crippen LogP contribution in [0.3, 0.4) is 0 Å². The molecule has 0 saturated carbocycles. The van der Waals surface area contributed by atoms with Crippen LogP contribution in [0.25, 0.3) is 0 Å². The molecule has 1 N–H and O–H groups in total. The van der Waals surface area contributed by atoms with Gasteiger partial charge in [0.25, 0.3) is 5.91 Å². The van der Waals surface area contributed by atoms with Gasteiger partial charge in [-0.1, -0.05) is 11.6 Å². The third-order valence-electron chi connectivity index (χ3n) is 2.49. The molecule has 1 heterocycles. The van der Waals surface area contributed by atoms with Gasteiger partial charge in [0, 0.05) is 19.0 Å². The summed E-state index contributed by atoms with van der Waals surface area (Å²) in [6.07, 6.45) is 0.511. The Labute approximate surface area is 115 Å². The minimum Gasteiger partial charge on any atom is -0.481 e. The molecule has 1 aromatic heterocycles. The van der Waals surface area contributed by atoms with Crippen molar-refractivity contribution in [1.82, 2.24) is 4.90 Å². The van der Waals surface area contributed by atoms with E-state index in [2.05, 4.69) is 0 Å². The quantitative estimate of drug-likeness (QED) is 0.875. The van der Waals surface area contributed by atoms with Crippen LogP contribution in [0.2, 0.25) is 5.02 Å². The predicted octanol–water partition coefficient (Wildman–Crippen LogP) is 3.12. The maximum absolute atomic E-state index is 12.2. The molecule has 0 bridgehead atoms. The second-order valence-corrected chi connectivity index (χ2v) is 5.51. The lowest BCUT2D eigenvalue weighted by Crippen LogP contribution is -2.37. The van der Waals surface area contributed by atoms with Gasteiger partial charge in [-0.2, -0.15) is 0 Å². The zero-order chi connectivity index (χ0) is 13.7. The first-order chi connectivity index (χ1) is 8.43. The highest BCUT2D eigenvalue weighted by molar-refractivity contribution is 7.12. The predicted molar refractivity (Wildman–Crippen MR) is 72.4 cm³/mol. The van der Waals surface area contributed by atoms with Gasteiger partial charge in [-0.25, -0.2) is 0 Å². The standard InChI is InChI=1S/C12H16ClNO3S/c1-8(2)14(6-3-4-10(15)16)12(17)11-9(13)5-7-18-11/h5,7-8H,3-4,6H2,1-2H3,(H,15,16). The highest BCUT2D eigenvalue weighted by Gasteiger charge is 2.21. The van der Waals surface area contributed by atoms with Gasteiger partial charge in [0.05, 0.1) is 5.02 Å². The molecule has 1 amide bonds. The van der Waals surface area contributed by atoms with E-state index < -0.39 is 5.97 Å². The van der Waals surface area contributed by atoms with Crippen molar-refractivity contribution in [3.05, 3.63) is 21.3 Å². The number of halogens is 1. The fourth-order valence-electron chi connectivity index (χ4n) is 1.57. The average molecular weight is 290 g/mol. The number of carbonyl (C=O) groups excluding carboxylic acids is 1. The smallest absolute Gasteiger partial charge is 0.303 e. The SMILES string of the molecule is CC(C)N(CCCC(=O)O)C(=O)c1sccc1Cl. The van der Waals surface area contributed by atoms with E-state index in [0.717, 1.165) is 0 Å². The van der Waals surface area contributed by atoms with Gasteiger partial charge in [0.15, 0.2) is 0 Å². The van der Waals surface area contributed by atoms with Crippen molar-refractivity contribution in [1.29, 1.82) is 0 Å². The highest BCUT2D eigenvalue weighted by Crippen LogP contribution is 2.24. The molecule has 0 unspecified atom stereocenters. The van der Waals surface area contributed by atoms with Gasteiger partial charge in [0.1, 0.15) is 4.88 Å². The molecule has 0 aliphatic rings. The first-order valence-electron chi connectivity index (χ1n) is 5.69. The van der Waals surface area contributed by atoms with Crippen LogP contribution in [0.5, 0.6) is 0 Å². The number of rotatable bonds is 6. The van der Waals surface area contributed by atoms with Crippen LogP contribution in [0.1, 0.15) is 36.4 Å². The van der Waals surface area contributed by atoms with Crippen molar-refractivity contribution in [2.24, 2.45) is 0 Å². The maximum Gasteiger partial charge on any atom is 0.303 e. The summed E-state index contributed by atoms with van der Waals surface area (Å²) in [6, 6.07) is 1.71. The molecule has 1 rings (SSSR count). The second-order valence-electron chi connectivity index (χ2n) is 4.19. The van der Waals surface area contributed by atoms with E-state index in [1.54, 1.807) is 16.3 Å². The third-order valence-corrected chi connectivity index (χ3v) is 3.81. The van der Waals surface area contributed by atoms with Crippen LogP contribution in [-0.4, -0.2) is 34.5 Å². The lowest BCUT2D eigenvalue weighted by molar-refractivity contribution is -0.137. The van der Waals surface area contributed by atoms with Gasteiger partial charge in [-0.15, -0.1) is 11.3 Å². The number of carbonyl (C=O) groups is 2. The highest BCUT2D eigenvalue weighted by atomic mass is 35.5. The van der Waals surface area contributed by atoms with Crippen molar-refractivity contribution in [2.45, 2.75) is 32.7 Å². The minimum absolute atomic E-state index is 0.0180. The molecule has 0 fully saturated rings. The average Bonchev–Trinajstić information content (AvgIpc) is 2.69. The van der Waals surface area contributed by atoms with Crippen LogP contribution in [0.15, 0.2) is 11.4 Å². The molecule has 100 valence electrons. The van der Waals surface area contributed by atoms with E-state index in [4.69, 9.17) is 16.7 Å². The van der Waals surface area contributed by atoms with E-state index >= 15 is 0 Å². The Morgan fingerprint density at radius 2 is 2.17 bits per heavy atom. The Kier molecular flexibility index (Phi) is 5.62. The molecule has 0 radical (unpaired) electrons. The fraction of sp³-hybridized carbons (Fsp3) is 0.500. The van der Waals surface area contributed by atoms with Gasteiger partial charge in [0.2, 0.25) is 0 Å². The summed E-state index contributed by atoms with van der Waals surface area (Å²) in [7, 11) is 0. The number of carboxylic acids is 1. The summed E-state index contributed by atoms with van der Waals surface area (Å²) in [6.45, 7) is 4.23. The largest absolute Gasteiger partial charge is 0.481 e. The van der Waals surface area contributed by atoms with E-state index in [-0.39, 0.29) is 18.4 Å². The zero-order valence-electron chi connectivity index (χ0n) is 10.4. The first kappa shape index (κ1) is 15.0. The molecular formula is C12H16ClNO3S. The molecule has 1 aromatic rings. The minimum atomic E-state index is -0.847.